The van der Waals surface area contributed by atoms with Gasteiger partial charge in [-0.05, 0) is 116 Å². The van der Waals surface area contributed by atoms with Crippen LogP contribution in [-0.4, -0.2) is 14.5 Å². The fourth-order valence-electron chi connectivity index (χ4n) is 7.93. The van der Waals surface area contributed by atoms with Crippen LogP contribution >= 0.6 is 0 Å². The Hall–Kier alpha value is -7.35. The van der Waals surface area contributed by atoms with E-state index in [0.29, 0.717) is 5.56 Å². The van der Waals surface area contributed by atoms with E-state index in [2.05, 4.69) is 154 Å². The molecule has 4 nitrogen and oxygen atoms in total. The van der Waals surface area contributed by atoms with E-state index in [4.69, 9.17) is 0 Å². The Morgan fingerprint density at radius 1 is 0.415 bits per heavy atom. The molecule has 0 saturated carbocycles. The first kappa shape index (κ1) is 30.5. The average molecular weight is 675 g/mol. The number of pyridine rings is 2. The van der Waals surface area contributed by atoms with Crippen molar-refractivity contribution in [1.29, 1.82) is 5.26 Å². The lowest BCUT2D eigenvalue weighted by Gasteiger charge is -2.15. The Morgan fingerprint density at radius 2 is 1.02 bits per heavy atom. The molecule has 0 unspecified atom stereocenters. The first-order valence-electron chi connectivity index (χ1n) is 17.7. The summed E-state index contributed by atoms with van der Waals surface area (Å²) in [6.45, 7) is 0. The van der Waals surface area contributed by atoms with Crippen LogP contribution in [0.3, 0.4) is 0 Å². The summed E-state index contributed by atoms with van der Waals surface area (Å²) in [6.07, 6.45) is 7.40. The number of hydrogen-bond acceptors (Lipinski definition) is 3. The Kier molecular flexibility index (Phi) is 7.16. The van der Waals surface area contributed by atoms with Gasteiger partial charge in [0.05, 0.1) is 22.7 Å². The Morgan fingerprint density at radius 3 is 1.72 bits per heavy atom. The minimum absolute atomic E-state index is 0.631. The standard InChI is InChI=1S/C49H30N4/c50-29-32-16-20-48-46(24-32)47-28-34(41-18-19-45(44-14-4-3-13-42(41)44)43-15-5-9-33-8-1-2-12-40(33)43)17-21-49(47)53(48)39-26-37(35-10-6-22-51-30-35)25-38(27-39)36-11-7-23-52-31-36/h1-28,30-31H. The quantitative estimate of drug-likeness (QED) is 0.183. The van der Waals surface area contributed by atoms with Crippen molar-refractivity contribution in [1.82, 2.24) is 14.5 Å². The molecule has 0 aliphatic carbocycles. The Bertz CT molecular complexity index is 3000. The largest absolute Gasteiger partial charge is 0.309 e. The highest BCUT2D eigenvalue weighted by molar-refractivity contribution is 6.13. The van der Waals surface area contributed by atoms with Gasteiger partial charge in [0.25, 0.3) is 0 Å². The molecule has 0 aliphatic heterocycles. The molecule has 0 saturated heterocycles. The number of nitriles is 1. The molecule has 0 aliphatic rings. The smallest absolute Gasteiger partial charge is 0.0991 e. The molecule has 0 amide bonds. The minimum atomic E-state index is 0.631. The van der Waals surface area contributed by atoms with Gasteiger partial charge in [-0.25, -0.2) is 0 Å². The van der Waals surface area contributed by atoms with Crippen LogP contribution in [0.5, 0.6) is 0 Å². The van der Waals surface area contributed by atoms with Crippen LogP contribution in [0.4, 0.5) is 0 Å². The molecule has 53 heavy (non-hydrogen) atoms. The van der Waals surface area contributed by atoms with Gasteiger partial charge in [-0.1, -0.05) is 97.1 Å². The maximum atomic E-state index is 9.99. The van der Waals surface area contributed by atoms with Crippen LogP contribution in [0, 0.1) is 11.3 Å². The normalized spacial score (nSPS) is 11.4. The lowest BCUT2D eigenvalue weighted by atomic mass is 9.90. The van der Waals surface area contributed by atoms with Gasteiger partial charge in [0, 0.05) is 52.4 Å². The van der Waals surface area contributed by atoms with Crippen LogP contribution in [0.2, 0.25) is 0 Å². The molecule has 0 fully saturated rings. The third-order valence-corrected chi connectivity index (χ3v) is 10.4. The van der Waals surface area contributed by atoms with Crippen molar-refractivity contribution in [3.05, 3.63) is 188 Å². The van der Waals surface area contributed by atoms with E-state index >= 15 is 0 Å². The summed E-state index contributed by atoms with van der Waals surface area (Å²) in [6, 6.07) is 58.3. The van der Waals surface area contributed by atoms with Crippen LogP contribution in [-0.2, 0) is 0 Å². The molecule has 0 radical (unpaired) electrons. The first-order chi connectivity index (χ1) is 26.2. The highest BCUT2D eigenvalue weighted by atomic mass is 15.0. The van der Waals surface area contributed by atoms with Crippen LogP contribution in [0.15, 0.2) is 183 Å². The second-order valence-corrected chi connectivity index (χ2v) is 13.4. The van der Waals surface area contributed by atoms with Crippen molar-refractivity contribution in [2.24, 2.45) is 0 Å². The molecule has 10 rings (SSSR count). The Balaban J connectivity index is 1.20. The fraction of sp³-hybridized carbons (Fsp3) is 0. The summed E-state index contributed by atoms with van der Waals surface area (Å²) in [5.41, 5.74) is 12.7. The lowest BCUT2D eigenvalue weighted by Crippen LogP contribution is -1.96. The van der Waals surface area contributed by atoms with E-state index in [1.807, 2.05) is 36.7 Å². The van der Waals surface area contributed by atoms with Crippen molar-refractivity contribution >= 4 is 43.4 Å². The average Bonchev–Trinajstić information content (AvgIpc) is 3.56. The van der Waals surface area contributed by atoms with Gasteiger partial charge in [-0.2, -0.15) is 5.26 Å². The molecular weight excluding hydrogens is 645 g/mol. The molecule has 10 aromatic rings. The maximum Gasteiger partial charge on any atom is 0.0991 e. The number of rotatable bonds is 5. The molecule has 0 N–H and O–H groups in total. The van der Waals surface area contributed by atoms with Crippen LogP contribution in [0.1, 0.15) is 5.56 Å². The van der Waals surface area contributed by atoms with Crippen LogP contribution in [0.25, 0.3) is 93.5 Å². The Labute approximate surface area is 306 Å². The summed E-state index contributed by atoms with van der Waals surface area (Å²) in [7, 11) is 0. The topological polar surface area (TPSA) is 54.5 Å². The highest BCUT2D eigenvalue weighted by Gasteiger charge is 2.18. The van der Waals surface area contributed by atoms with E-state index in [1.165, 1.54) is 38.2 Å². The molecule has 3 aromatic heterocycles. The monoisotopic (exact) mass is 674 g/mol. The maximum absolute atomic E-state index is 9.99. The minimum Gasteiger partial charge on any atom is -0.309 e. The number of nitrogens with zero attached hydrogens (tertiary/aromatic N) is 4. The van der Waals surface area contributed by atoms with Gasteiger partial charge in [-0.15, -0.1) is 0 Å². The lowest BCUT2D eigenvalue weighted by molar-refractivity contribution is 1.18. The summed E-state index contributed by atoms with van der Waals surface area (Å²) < 4.78 is 2.32. The molecule has 3 heterocycles. The fourth-order valence-corrected chi connectivity index (χ4v) is 7.93. The third-order valence-electron chi connectivity index (χ3n) is 10.4. The van der Waals surface area contributed by atoms with Gasteiger partial charge in [-0.3, -0.25) is 9.97 Å². The van der Waals surface area contributed by atoms with Gasteiger partial charge in [0.2, 0.25) is 0 Å². The molecule has 0 atom stereocenters. The van der Waals surface area contributed by atoms with Crippen molar-refractivity contribution in [2.45, 2.75) is 0 Å². The van der Waals surface area contributed by atoms with E-state index in [0.717, 1.165) is 55.3 Å². The molecule has 0 spiro atoms. The zero-order chi connectivity index (χ0) is 35.3. The molecule has 246 valence electrons. The molecule has 4 heteroatoms. The van der Waals surface area contributed by atoms with Gasteiger partial charge >= 0.3 is 0 Å². The van der Waals surface area contributed by atoms with E-state index in [-0.39, 0.29) is 0 Å². The number of benzene rings is 7. The molecular formula is C49H30N4. The highest BCUT2D eigenvalue weighted by Crippen LogP contribution is 2.41. The zero-order valence-corrected chi connectivity index (χ0v) is 28.6. The van der Waals surface area contributed by atoms with Gasteiger partial charge < -0.3 is 4.57 Å². The SMILES string of the molecule is N#Cc1ccc2c(c1)c1cc(-c3ccc(-c4cccc5ccccc45)c4ccccc34)ccc1n2-c1cc(-c2cccnc2)cc(-c2cccnc2)c1. The third kappa shape index (κ3) is 5.14. The number of fused-ring (bicyclic) bond motifs is 5. The van der Waals surface area contributed by atoms with E-state index in [9.17, 15) is 5.26 Å². The van der Waals surface area contributed by atoms with Gasteiger partial charge in [0.15, 0.2) is 0 Å². The van der Waals surface area contributed by atoms with Crippen molar-refractivity contribution < 1.29 is 0 Å². The second-order valence-electron chi connectivity index (χ2n) is 13.4. The van der Waals surface area contributed by atoms with Crippen LogP contribution < -0.4 is 0 Å². The van der Waals surface area contributed by atoms with Crippen molar-refractivity contribution in [2.75, 3.05) is 0 Å². The molecule has 0 bridgehead atoms. The van der Waals surface area contributed by atoms with Crippen molar-refractivity contribution in [3.63, 3.8) is 0 Å². The summed E-state index contributed by atoms with van der Waals surface area (Å²) >= 11 is 0. The predicted octanol–water partition coefficient (Wildman–Crippen LogP) is 12.4. The van der Waals surface area contributed by atoms with E-state index in [1.54, 1.807) is 12.4 Å². The predicted molar refractivity (Wildman–Crippen MR) is 218 cm³/mol. The molecule has 7 aromatic carbocycles. The summed E-state index contributed by atoms with van der Waals surface area (Å²) in [5.74, 6) is 0. The number of aromatic nitrogens is 3. The second kappa shape index (κ2) is 12.5. The number of hydrogen-bond donors (Lipinski definition) is 0. The summed E-state index contributed by atoms with van der Waals surface area (Å²) in [5, 5.41) is 17.0. The van der Waals surface area contributed by atoms with Gasteiger partial charge in [0.1, 0.15) is 0 Å². The van der Waals surface area contributed by atoms with E-state index < -0.39 is 0 Å². The summed E-state index contributed by atoms with van der Waals surface area (Å²) in [4.78, 5) is 8.84. The van der Waals surface area contributed by atoms with Crippen molar-refractivity contribution in [3.8, 4) is 56.3 Å². The first-order valence-corrected chi connectivity index (χ1v) is 17.7. The zero-order valence-electron chi connectivity index (χ0n) is 28.6.